The number of methoxy groups -OCH3 is 1. The number of ether oxygens (including phenoxy) is 1. The second-order valence-electron chi connectivity index (χ2n) is 2.69. The van der Waals surface area contributed by atoms with Crippen molar-refractivity contribution in [1.29, 1.82) is 0 Å². The van der Waals surface area contributed by atoms with Crippen molar-refractivity contribution in [2.75, 3.05) is 7.11 Å². The number of hydrogen-bond donors (Lipinski definition) is 3. The molecule has 76 valence electrons. The summed E-state index contributed by atoms with van der Waals surface area (Å²) in [6.45, 7) is 0. The van der Waals surface area contributed by atoms with Crippen molar-refractivity contribution < 1.29 is 4.74 Å². The average molecular weight is 194 g/mol. The van der Waals surface area contributed by atoms with E-state index in [2.05, 4.69) is 10.5 Å². The monoisotopic (exact) mass is 194 g/mol. The van der Waals surface area contributed by atoms with E-state index >= 15 is 0 Å². The Hall–Kier alpha value is -1.59. The zero-order chi connectivity index (χ0) is 10.4. The average Bonchev–Trinajstić information content (AvgIpc) is 2.18. The van der Waals surface area contributed by atoms with Gasteiger partial charge in [0.1, 0.15) is 12.0 Å². The van der Waals surface area contributed by atoms with Gasteiger partial charge < -0.3 is 4.74 Å². The van der Waals surface area contributed by atoms with Crippen molar-refractivity contribution in [3.8, 4) is 5.75 Å². The number of rotatable bonds is 4. The van der Waals surface area contributed by atoms with Gasteiger partial charge in [0.25, 0.3) is 0 Å². The fraction of sp³-hybridized carbons (Fsp3) is 0.222. The van der Waals surface area contributed by atoms with Crippen molar-refractivity contribution in [2.24, 2.45) is 16.6 Å². The van der Waals surface area contributed by atoms with Crippen LogP contribution in [0, 0.1) is 0 Å². The van der Waals surface area contributed by atoms with Gasteiger partial charge in [0.2, 0.25) is 0 Å². The molecule has 0 unspecified atom stereocenters. The molecule has 0 atom stereocenters. The van der Waals surface area contributed by atoms with Crippen LogP contribution < -0.4 is 21.6 Å². The van der Waals surface area contributed by atoms with Crippen molar-refractivity contribution >= 4 is 6.21 Å². The van der Waals surface area contributed by atoms with E-state index in [-0.39, 0.29) is 0 Å². The molecule has 1 aromatic rings. The summed E-state index contributed by atoms with van der Waals surface area (Å²) < 4.78 is 5.05. The zero-order valence-corrected chi connectivity index (χ0v) is 7.97. The molecular weight excluding hydrogens is 180 g/mol. The van der Waals surface area contributed by atoms with Crippen molar-refractivity contribution in [3.05, 3.63) is 29.8 Å². The topological polar surface area (TPSA) is 85.7 Å². The van der Waals surface area contributed by atoms with Gasteiger partial charge in [-0.05, 0) is 17.7 Å². The second-order valence-corrected chi connectivity index (χ2v) is 2.69. The highest BCUT2D eigenvalue weighted by Crippen LogP contribution is 2.10. The molecule has 0 aliphatic carbocycles. The lowest BCUT2D eigenvalue weighted by atomic mass is 10.2. The molecule has 1 rings (SSSR count). The standard InChI is InChI=1S/C9H14N4O/c1-14-8-4-2-3-7(5-8)6-12-13-9(10)11/h2-6,9,13H,10-11H2,1H3/b12-6+. The lowest BCUT2D eigenvalue weighted by Gasteiger charge is -2.03. The number of benzene rings is 1. The van der Waals surface area contributed by atoms with Crippen LogP contribution in [-0.2, 0) is 0 Å². The first-order chi connectivity index (χ1) is 6.72. The maximum absolute atomic E-state index is 5.24. The molecule has 5 heteroatoms. The van der Waals surface area contributed by atoms with E-state index in [1.165, 1.54) is 0 Å². The number of hydrogen-bond acceptors (Lipinski definition) is 5. The molecule has 5 nitrogen and oxygen atoms in total. The van der Waals surface area contributed by atoms with Crippen molar-refractivity contribution in [1.82, 2.24) is 5.43 Å². The van der Waals surface area contributed by atoms with E-state index in [0.717, 1.165) is 11.3 Å². The Balaban J connectivity index is 2.62. The van der Waals surface area contributed by atoms with Gasteiger partial charge >= 0.3 is 0 Å². The predicted octanol–water partition coefficient (Wildman–Crippen LogP) is -0.180. The molecule has 0 heterocycles. The summed E-state index contributed by atoms with van der Waals surface area (Å²) in [5.74, 6) is 0.783. The maximum Gasteiger partial charge on any atom is 0.142 e. The summed E-state index contributed by atoms with van der Waals surface area (Å²) in [6, 6.07) is 7.49. The Kier molecular flexibility index (Phi) is 3.90. The first-order valence-electron chi connectivity index (χ1n) is 4.16. The lowest BCUT2D eigenvalue weighted by Crippen LogP contribution is -2.42. The van der Waals surface area contributed by atoms with Crippen LogP contribution in [-0.4, -0.2) is 19.6 Å². The molecule has 0 saturated heterocycles. The molecule has 0 saturated carbocycles. The molecule has 0 spiro atoms. The molecule has 0 amide bonds. The van der Waals surface area contributed by atoms with Gasteiger partial charge in [-0.25, -0.2) is 0 Å². The van der Waals surface area contributed by atoms with E-state index in [1.807, 2.05) is 24.3 Å². The fourth-order valence-electron chi connectivity index (χ4n) is 0.920. The van der Waals surface area contributed by atoms with Crippen LogP contribution in [0.3, 0.4) is 0 Å². The third-order valence-electron chi connectivity index (χ3n) is 1.53. The molecule has 0 bridgehead atoms. The van der Waals surface area contributed by atoms with Gasteiger partial charge in [0.15, 0.2) is 0 Å². The Labute approximate surface area is 82.7 Å². The quantitative estimate of drug-likeness (QED) is 0.352. The third-order valence-corrected chi connectivity index (χ3v) is 1.53. The van der Waals surface area contributed by atoms with E-state index in [9.17, 15) is 0 Å². The molecular formula is C9H14N4O. The molecule has 0 aliphatic heterocycles. The zero-order valence-electron chi connectivity index (χ0n) is 7.97. The minimum Gasteiger partial charge on any atom is -0.497 e. The highest BCUT2D eigenvalue weighted by atomic mass is 16.5. The first-order valence-corrected chi connectivity index (χ1v) is 4.16. The van der Waals surface area contributed by atoms with Gasteiger partial charge in [0.05, 0.1) is 13.3 Å². The number of nitrogens with two attached hydrogens (primary N) is 2. The summed E-state index contributed by atoms with van der Waals surface area (Å²) in [6.07, 6.45) is 0.978. The van der Waals surface area contributed by atoms with Crippen LogP contribution in [0.2, 0.25) is 0 Å². The number of nitrogens with zero attached hydrogens (tertiary/aromatic N) is 1. The maximum atomic E-state index is 5.24. The molecule has 0 radical (unpaired) electrons. The highest BCUT2D eigenvalue weighted by Gasteiger charge is 1.92. The van der Waals surface area contributed by atoms with E-state index in [0.29, 0.717) is 0 Å². The third kappa shape index (κ3) is 3.42. The number of nitrogens with one attached hydrogen (secondary N) is 1. The number of hydrazone groups is 1. The van der Waals surface area contributed by atoms with Gasteiger partial charge in [-0.3, -0.25) is 16.9 Å². The molecule has 0 fully saturated rings. The smallest absolute Gasteiger partial charge is 0.142 e. The normalized spacial score (nSPS) is 10.9. The summed E-state index contributed by atoms with van der Waals surface area (Å²) in [5, 5.41) is 3.84. The van der Waals surface area contributed by atoms with Crippen LogP contribution in [0.1, 0.15) is 5.56 Å². The SMILES string of the molecule is COc1cccc(/C=N/NC(N)N)c1. The lowest BCUT2D eigenvalue weighted by molar-refractivity contribution is 0.414. The van der Waals surface area contributed by atoms with Crippen LogP contribution in [0.25, 0.3) is 0 Å². The molecule has 14 heavy (non-hydrogen) atoms. The Bertz CT molecular complexity index is 311. The Morgan fingerprint density at radius 2 is 2.29 bits per heavy atom. The molecule has 0 aromatic heterocycles. The summed E-state index contributed by atoms with van der Waals surface area (Å²) in [5.41, 5.74) is 13.9. The Morgan fingerprint density at radius 1 is 1.50 bits per heavy atom. The minimum absolute atomic E-state index is 0.642. The molecule has 0 aliphatic rings. The molecule has 1 aromatic carbocycles. The van der Waals surface area contributed by atoms with Gasteiger partial charge in [-0.1, -0.05) is 12.1 Å². The highest BCUT2D eigenvalue weighted by molar-refractivity contribution is 5.79. The van der Waals surface area contributed by atoms with Crippen LogP contribution >= 0.6 is 0 Å². The minimum atomic E-state index is -0.642. The summed E-state index contributed by atoms with van der Waals surface area (Å²) in [7, 11) is 1.62. The van der Waals surface area contributed by atoms with Crippen molar-refractivity contribution in [3.63, 3.8) is 0 Å². The first kappa shape index (κ1) is 10.5. The van der Waals surface area contributed by atoms with Gasteiger partial charge in [-0.15, -0.1) is 0 Å². The van der Waals surface area contributed by atoms with E-state index in [4.69, 9.17) is 16.2 Å². The van der Waals surface area contributed by atoms with Crippen molar-refractivity contribution in [2.45, 2.75) is 6.29 Å². The van der Waals surface area contributed by atoms with Crippen LogP contribution in [0.4, 0.5) is 0 Å². The fourth-order valence-corrected chi connectivity index (χ4v) is 0.920. The summed E-state index contributed by atoms with van der Waals surface area (Å²) >= 11 is 0. The van der Waals surface area contributed by atoms with E-state index < -0.39 is 6.29 Å². The van der Waals surface area contributed by atoms with Gasteiger partial charge in [-0.2, -0.15) is 5.10 Å². The van der Waals surface area contributed by atoms with Crippen LogP contribution in [0.5, 0.6) is 5.75 Å². The summed E-state index contributed by atoms with van der Waals surface area (Å²) in [4.78, 5) is 0. The van der Waals surface area contributed by atoms with Crippen LogP contribution in [0.15, 0.2) is 29.4 Å². The Morgan fingerprint density at radius 3 is 2.93 bits per heavy atom. The van der Waals surface area contributed by atoms with Gasteiger partial charge in [0, 0.05) is 0 Å². The molecule has 5 N–H and O–H groups in total. The van der Waals surface area contributed by atoms with E-state index in [1.54, 1.807) is 13.3 Å². The predicted molar refractivity (Wildman–Crippen MR) is 55.9 cm³/mol. The largest absolute Gasteiger partial charge is 0.497 e. The second kappa shape index (κ2) is 5.21.